The average molecular weight is 296 g/mol. The Hall–Kier alpha value is -3.17. The lowest BCUT2D eigenvalue weighted by atomic mass is 10.2. The Morgan fingerprint density at radius 3 is 2.52 bits per heavy atom. The summed E-state index contributed by atoms with van der Waals surface area (Å²) in [5.74, 6) is -1.90. The van der Waals surface area contributed by atoms with Gasteiger partial charge in [-0.25, -0.2) is 9.59 Å². The van der Waals surface area contributed by atoms with Crippen LogP contribution in [0.4, 0.5) is 16.2 Å². The second kappa shape index (κ2) is 6.32. The fraction of sp³-hybridized carbons (Fsp3) is 0.182. The second-order valence-corrected chi connectivity index (χ2v) is 3.93. The molecule has 1 rings (SSSR count). The average Bonchev–Trinajstić information content (AvgIpc) is 2.37. The number of ether oxygens (including phenoxy) is 1. The zero-order valence-corrected chi connectivity index (χ0v) is 10.9. The van der Waals surface area contributed by atoms with E-state index in [1.54, 1.807) is 5.32 Å². The lowest BCUT2D eigenvalue weighted by Crippen LogP contribution is -2.42. The molecule has 21 heavy (non-hydrogen) atoms. The number of nitrogens with one attached hydrogen (secondary N) is 1. The number of nitrogens with two attached hydrogens (primary N) is 2. The Morgan fingerprint density at radius 2 is 2.00 bits per heavy atom. The van der Waals surface area contributed by atoms with Crippen LogP contribution in [0.3, 0.4) is 0 Å². The summed E-state index contributed by atoms with van der Waals surface area (Å²) in [5, 5.41) is 12.4. The highest BCUT2D eigenvalue weighted by atomic mass is 16.6. The number of esters is 1. The summed E-state index contributed by atoms with van der Waals surface area (Å²) in [6.07, 6.45) is -1.30. The van der Waals surface area contributed by atoms with Gasteiger partial charge in [0.25, 0.3) is 11.6 Å². The summed E-state index contributed by atoms with van der Waals surface area (Å²) < 4.78 is 4.75. The summed E-state index contributed by atoms with van der Waals surface area (Å²) in [6, 6.07) is 2.22. The van der Waals surface area contributed by atoms with Gasteiger partial charge in [0.1, 0.15) is 5.69 Å². The third-order valence-corrected chi connectivity index (χ3v) is 2.36. The van der Waals surface area contributed by atoms with Crippen LogP contribution in [0.15, 0.2) is 18.2 Å². The SMILES string of the molecule is C[C@H](OC(=O)c1ccc(N)c([N+](=O)[O-])c1)C(=O)NC(N)=O. The molecular weight excluding hydrogens is 284 g/mol. The minimum absolute atomic E-state index is 0.115. The number of amides is 3. The van der Waals surface area contributed by atoms with Crippen LogP contribution in [-0.4, -0.2) is 28.9 Å². The first-order valence-electron chi connectivity index (χ1n) is 5.57. The van der Waals surface area contributed by atoms with E-state index >= 15 is 0 Å². The van der Waals surface area contributed by atoms with Crippen molar-refractivity contribution in [3.05, 3.63) is 33.9 Å². The molecule has 0 aliphatic heterocycles. The summed E-state index contributed by atoms with van der Waals surface area (Å²) >= 11 is 0. The van der Waals surface area contributed by atoms with E-state index in [-0.39, 0.29) is 11.3 Å². The van der Waals surface area contributed by atoms with Crippen molar-refractivity contribution in [1.29, 1.82) is 0 Å². The van der Waals surface area contributed by atoms with Crippen molar-refractivity contribution in [3.63, 3.8) is 0 Å². The number of rotatable bonds is 4. The van der Waals surface area contributed by atoms with Gasteiger partial charge >= 0.3 is 12.0 Å². The molecule has 1 aromatic carbocycles. The number of carbonyl (C=O) groups is 3. The number of benzene rings is 1. The molecule has 0 saturated heterocycles. The highest BCUT2D eigenvalue weighted by Crippen LogP contribution is 2.22. The molecular formula is C11H12N4O6. The molecule has 0 radical (unpaired) electrons. The van der Waals surface area contributed by atoms with Crippen LogP contribution in [0.5, 0.6) is 0 Å². The van der Waals surface area contributed by atoms with Crippen molar-refractivity contribution >= 4 is 29.3 Å². The van der Waals surface area contributed by atoms with Crippen molar-refractivity contribution in [2.75, 3.05) is 5.73 Å². The van der Waals surface area contributed by atoms with Gasteiger partial charge in [0.05, 0.1) is 10.5 Å². The van der Waals surface area contributed by atoms with Gasteiger partial charge in [0, 0.05) is 6.07 Å². The molecule has 0 aliphatic carbocycles. The van der Waals surface area contributed by atoms with Crippen LogP contribution in [0, 0.1) is 10.1 Å². The molecule has 3 amide bonds. The predicted molar refractivity (Wildman–Crippen MR) is 70.1 cm³/mol. The van der Waals surface area contributed by atoms with Gasteiger partial charge in [-0.3, -0.25) is 20.2 Å². The fourth-order valence-electron chi connectivity index (χ4n) is 1.33. The number of anilines is 1. The highest BCUT2D eigenvalue weighted by molar-refractivity contribution is 5.98. The fourth-order valence-corrected chi connectivity index (χ4v) is 1.33. The van der Waals surface area contributed by atoms with Gasteiger partial charge in [0.15, 0.2) is 6.10 Å². The molecule has 5 N–H and O–H groups in total. The molecule has 1 aromatic rings. The van der Waals surface area contributed by atoms with Crippen molar-refractivity contribution in [2.45, 2.75) is 13.0 Å². The van der Waals surface area contributed by atoms with Crippen molar-refractivity contribution < 1.29 is 24.0 Å². The Morgan fingerprint density at radius 1 is 1.38 bits per heavy atom. The van der Waals surface area contributed by atoms with E-state index in [9.17, 15) is 24.5 Å². The zero-order valence-electron chi connectivity index (χ0n) is 10.9. The van der Waals surface area contributed by atoms with Gasteiger partial charge in [-0.2, -0.15) is 0 Å². The van der Waals surface area contributed by atoms with Crippen LogP contribution < -0.4 is 16.8 Å². The van der Waals surface area contributed by atoms with Crippen LogP contribution in [0.1, 0.15) is 17.3 Å². The Balaban J connectivity index is 2.85. The minimum atomic E-state index is -1.30. The first-order chi connectivity index (χ1) is 9.72. The van der Waals surface area contributed by atoms with E-state index in [2.05, 4.69) is 0 Å². The van der Waals surface area contributed by atoms with Gasteiger partial charge in [-0.05, 0) is 19.1 Å². The normalized spacial score (nSPS) is 11.3. The molecule has 0 fully saturated rings. The van der Waals surface area contributed by atoms with E-state index in [0.717, 1.165) is 6.07 Å². The van der Waals surface area contributed by atoms with Crippen LogP contribution >= 0.6 is 0 Å². The molecule has 0 aromatic heterocycles. The van der Waals surface area contributed by atoms with Crippen LogP contribution in [0.25, 0.3) is 0 Å². The molecule has 0 unspecified atom stereocenters. The smallest absolute Gasteiger partial charge is 0.339 e. The third kappa shape index (κ3) is 4.16. The van der Waals surface area contributed by atoms with Crippen molar-refractivity contribution in [1.82, 2.24) is 5.32 Å². The monoisotopic (exact) mass is 296 g/mol. The number of urea groups is 1. The molecule has 0 spiro atoms. The van der Waals surface area contributed by atoms with Crippen molar-refractivity contribution in [3.8, 4) is 0 Å². The summed E-state index contributed by atoms with van der Waals surface area (Å²) in [6.45, 7) is 1.21. The number of nitrogen functional groups attached to an aromatic ring is 1. The highest BCUT2D eigenvalue weighted by Gasteiger charge is 2.22. The Kier molecular flexibility index (Phi) is 4.78. The molecule has 10 nitrogen and oxygen atoms in total. The maximum atomic E-state index is 11.7. The van der Waals surface area contributed by atoms with Gasteiger partial charge in [-0.1, -0.05) is 0 Å². The van der Waals surface area contributed by atoms with E-state index in [0.29, 0.717) is 0 Å². The van der Waals surface area contributed by atoms with E-state index in [1.165, 1.54) is 19.1 Å². The number of primary amides is 1. The number of imide groups is 1. The largest absolute Gasteiger partial charge is 0.449 e. The number of carbonyl (C=O) groups excluding carboxylic acids is 3. The number of nitro groups is 1. The van der Waals surface area contributed by atoms with Crippen LogP contribution in [0.2, 0.25) is 0 Å². The zero-order chi connectivity index (χ0) is 16.2. The minimum Gasteiger partial charge on any atom is -0.449 e. The molecule has 0 aliphatic rings. The summed E-state index contributed by atoms with van der Waals surface area (Å²) in [4.78, 5) is 43.5. The third-order valence-electron chi connectivity index (χ3n) is 2.36. The Bertz CT molecular complexity index is 615. The lowest BCUT2D eigenvalue weighted by molar-refractivity contribution is -0.383. The van der Waals surface area contributed by atoms with Crippen LogP contribution in [-0.2, 0) is 9.53 Å². The molecule has 0 heterocycles. The molecule has 112 valence electrons. The molecule has 1 atom stereocenters. The van der Waals surface area contributed by atoms with Gasteiger partial charge in [-0.15, -0.1) is 0 Å². The summed E-state index contributed by atoms with van der Waals surface area (Å²) in [7, 11) is 0. The topological polar surface area (TPSA) is 168 Å². The number of nitrogens with zero attached hydrogens (tertiary/aromatic N) is 1. The van der Waals surface area contributed by atoms with Gasteiger partial charge < -0.3 is 16.2 Å². The molecule has 10 heteroatoms. The summed E-state index contributed by atoms with van der Waals surface area (Å²) in [5.41, 5.74) is 9.40. The quantitative estimate of drug-likeness (QED) is 0.302. The van der Waals surface area contributed by atoms with E-state index in [4.69, 9.17) is 16.2 Å². The predicted octanol–water partition coefficient (Wildman–Crippen LogP) is -0.0828. The first-order valence-corrected chi connectivity index (χ1v) is 5.57. The molecule has 0 saturated carbocycles. The Labute approximate surface area is 118 Å². The van der Waals surface area contributed by atoms with E-state index < -0.39 is 34.6 Å². The first kappa shape index (κ1) is 15.9. The number of hydrogen-bond acceptors (Lipinski definition) is 7. The lowest BCUT2D eigenvalue weighted by Gasteiger charge is -2.12. The second-order valence-electron chi connectivity index (χ2n) is 3.93. The van der Waals surface area contributed by atoms with Crippen molar-refractivity contribution in [2.24, 2.45) is 5.73 Å². The van der Waals surface area contributed by atoms with E-state index in [1.807, 2.05) is 0 Å². The number of nitro benzene ring substituents is 1. The number of hydrogen-bond donors (Lipinski definition) is 3. The standard InChI is InChI=1S/C11H12N4O6/c1-5(9(16)14-11(13)18)21-10(17)6-2-3-7(12)8(4-6)15(19)20/h2-5H,12H2,1H3,(H3,13,14,16,18)/t5-/m0/s1. The molecule has 0 bridgehead atoms. The van der Waals surface area contributed by atoms with Gasteiger partial charge in [0.2, 0.25) is 0 Å². The maximum Gasteiger partial charge on any atom is 0.339 e. The maximum absolute atomic E-state index is 11.7.